The maximum absolute atomic E-state index is 8.41. The largest absolute Gasteiger partial charge is 1.00 e. The van der Waals surface area contributed by atoms with E-state index >= 15 is 0 Å². The Morgan fingerprint density at radius 1 is 1.00 bits per heavy atom. The van der Waals surface area contributed by atoms with Gasteiger partial charge in [0.15, 0.2) is 0 Å². The molecule has 0 rings (SSSR count). The fourth-order valence-electron chi connectivity index (χ4n) is 0. The van der Waals surface area contributed by atoms with Gasteiger partial charge in [-0.25, -0.2) is 0 Å². The number of halogens is 2. The van der Waals surface area contributed by atoms with E-state index in [0.29, 0.717) is 0 Å². The Labute approximate surface area is 59.0 Å². The summed E-state index contributed by atoms with van der Waals surface area (Å²) in [4.78, 5) is 0. The molecule has 0 aromatic carbocycles. The normalized spacial score (nSPS) is 6.00. The second-order valence-corrected chi connectivity index (χ2v) is 0.567. The fourth-order valence-corrected chi connectivity index (χ4v) is 0. The molecule has 0 amide bonds. The van der Waals surface area contributed by atoms with Crippen LogP contribution >= 0.6 is 0 Å². The molecule has 3 nitrogen and oxygen atoms in total. The van der Waals surface area contributed by atoms with Crippen LogP contribution in [-0.4, -0.2) is 0 Å². The van der Waals surface area contributed by atoms with E-state index in [9.17, 15) is 0 Å². The molecule has 0 unspecified atom stereocenters. The van der Waals surface area contributed by atoms with Crippen LogP contribution in [-0.2, 0) is 0 Å². The molecule has 0 aliphatic carbocycles. The molecule has 0 N–H and O–H groups in total. The van der Waals surface area contributed by atoms with E-state index in [2.05, 4.69) is 0 Å². The van der Waals surface area contributed by atoms with Crippen molar-refractivity contribution in [3.8, 4) is 0 Å². The van der Waals surface area contributed by atoms with Gasteiger partial charge in [0.05, 0.1) is 10.8 Å². The van der Waals surface area contributed by atoms with Crippen molar-refractivity contribution in [2.45, 2.75) is 0 Å². The van der Waals surface area contributed by atoms with Crippen LogP contribution in [0.1, 0.15) is 0 Å². The first-order chi connectivity index (χ1) is 1.73. The topological polar surface area (TPSA) is 69.2 Å². The summed E-state index contributed by atoms with van der Waals surface area (Å²) in [6, 6.07) is 0. The van der Waals surface area contributed by atoms with Gasteiger partial charge in [-0.2, -0.15) is 0 Å². The molecule has 34 valence electrons. The first-order valence-electron chi connectivity index (χ1n) is 0.463. The first-order valence-corrected chi connectivity index (χ1v) is 1.39. The second kappa shape index (κ2) is 9.44. The molecule has 0 atom stereocenters. The van der Waals surface area contributed by atoms with E-state index in [-0.39, 0.29) is 34.3 Å². The van der Waals surface area contributed by atoms with Crippen molar-refractivity contribution in [2.75, 3.05) is 0 Å². The van der Waals surface area contributed by atoms with Crippen molar-refractivity contribution >= 4 is 0 Å². The summed E-state index contributed by atoms with van der Waals surface area (Å²) < 4.78 is 25.2. The van der Waals surface area contributed by atoms with Crippen molar-refractivity contribution in [1.29, 1.82) is 0 Å². The average Bonchev–Trinajstić information content (AvgIpc) is 0.811. The molecule has 0 saturated heterocycles. The van der Waals surface area contributed by atoms with Crippen molar-refractivity contribution in [1.82, 2.24) is 0 Å². The van der Waals surface area contributed by atoms with Gasteiger partial charge in [0, 0.05) is 0 Å². The Balaban J connectivity index is -0.0000000450. The van der Waals surface area contributed by atoms with Gasteiger partial charge >= 0.3 is 29.6 Å². The molecule has 0 fully saturated rings. The predicted molar refractivity (Wildman–Crippen MR) is 2.50 cm³/mol. The van der Waals surface area contributed by atoms with Crippen LogP contribution in [0.5, 0.6) is 0 Å². The van der Waals surface area contributed by atoms with E-state index in [4.69, 9.17) is 14.0 Å². The summed E-state index contributed by atoms with van der Waals surface area (Å²) in [5, 5.41) is 0. The maximum atomic E-state index is 8.41. The quantitative estimate of drug-likeness (QED) is 0.303. The molecule has 0 aromatic heterocycles. The first kappa shape index (κ1) is 15.7. The summed E-state index contributed by atoms with van der Waals surface area (Å²) in [5.41, 5.74) is 0. The monoisotopic (exact) mass is 126 g/mol. The SMILES string of the molecule is F.[Na+].[O-][Cl+2]([O-])[O-]. The third-order valence-electron chi connectivity index (χ3n) is 0. The van der Waals surface area contributed by atoms with Crippen molar-refractivity contribution in [3.63, 3.8) is 0 Å². The zero-order valence-corrected chi connectivity index (χ0v) is 5.77. The minimum atomic E-state index is -2.85. The van der Waals surface area contributed by atoms with Crippen LogP contribution in [0.3, 0.4) is 0 Å². The minimum absolute atomic E-state index is 0. The molecule has 0 heterocycles. The van der Waals surface area contributed by atoms with Gasteiger partial charge in [-0.05, 0) is 0 Å². The van der Waals surface area contributed by atoms with Crippen molar-refractivity contribution < 1.29 is 59.0 Å². The van der Waals surface area contributed by atoms with Gasteiger partial charge in [-0.15, -0.1) is 0 Å². The van der Waals surface area contributed by atoms with E-state index in [1.165, 1.54) is 0 Å². The Bertz CT molecular complexity index is 15.5. The molecular weight excluding hydrogens is 125 g/mol. The summed E-state index contributed by atoms with van der Waals surface area (Å²) in [7, 11) is -2.85. The molecule has 0 saturated carbocycles. The van der Waals surface area contributed by atoms with Crippen LogP contribution in [0.4, 0.5) is 4.70 Å². The van der Waals surface area contributed by atoms with Crippen molar-refractivity contribution in [3.05, 3.63) is 0 Å². The Morgan fingerprint density at radius 2 is 1.00 bits per heavy atom. The summed E-state index contributed by atoms with van der Waals surface area (Å²) in [5.74, 6) is 0. The third-order valence-corrected chi connectivity index (χ3v) is 0. The molecule has 0 aliphatic heterocycles. The van der Waals surface area contributed by atoms with E-state index in [0.717, 1.165) is 0 Å². The average molecular weight is 126 g/mol. The van der Waals surface area contributed by atoms with Gasteiger partial charge in [-0.3, -0.25) is 4.70 Å². The van der Waals surface area contributed by atoms with Gasteiger partial charge < -0.3 is 14.0 Å². The molecule has 6 heteroatoms. The van der Waals surface area contributed by atoms with Crippen LogP contribution in [0, 0.1) is 10.8 Å². The smallest absolute Gasteiger partial charge is 0.357 e. The van der Waals surface area contributed by atoms with E-state index < -0.39 is 10.8 Å². The molecule has 0 aromatic rings. The number of hydrogen-bond acceptors (Lipinski definition) is 3. The van der Waals surface area contributed by atoms with E-state index in [1.54, 1.807) is 0 Å². The van der Waals surface area contributed by atoms with Crippen LogP contribution in [0.15, 0.2) is 0 Å². The summed E-state index contributed by atoms with van der Waals surface area (Å²) in [6.45, 7) is 0. The molecule has 6 heavy (non-hydrogen) atoms. The van der Waals surface area contributed by atoms with Crippen molar-refractivity contribution in [2.24, 2.45) is 0 Å². The zero-order chi connectivity index (χ0) is 3.58. The molecule has 0 bridgehead atoms. The predicted octanol–water partition coefficient (Wildman–Crippen LogP) is -6.41. The van der Waals surface area contributed by atoms with Gasteiger partial charge in [0.2, 0.25) is 0 Å². The molecule has 0 spiro atoms. The Kier molecular flexibility index (Phi) is 24.7. The molecule has 0 radical (unpaired) electrons. The Morgan fingerprint density at radius 3 is 1.00 bits per heavy atom. The number of hydrogen-bond donors (Lipinski definition) is 0. The van der Waals surface area contributed by atoms with E-state index in [1.807, 2.05) is 0 Å². The van der Waals surface area contributed by atoms with Crippen LogP contribution in [0.25, 0.3) is 0 Å². The summed E-state index contributed by atoms with van der Waals surface area (Å²) >= 11 is 0. The molecular formula is HClFNaO3. The third kappa shape index (κ3) is 70.9. The molecule has 0 aliphatic rings. The summed E-state index contributed by atoms with van der Waals surface area (Å²) in [6.07, 6.45) is 0. The van der Waals surface area contributed by atoms with Crippen LogP contribution in [0.2, 0.25) is 0 Å². The number of rotatable bonds is 0. The standard InChI is InChI=1S/ClO3.FH.Na/c2-1(3)4;;/h;1H;/q-1;;+1. The maximum Gasteiger partial charge on any atom is 1.00 e. The zero-order valence-electron chi connectivity index (χ0n) is 3.01. The van der Waals surface area contributed by atoms with Gasteiger partial charge in [0.25, 0.3) is 0 Å². The van der Waals surface area contributed by atoms with Gasteiger partial charge in [-0.1, -0.05) is 0 Å². The minimum Gasteiger partial charge on any atom is -0.357 e. The second-order valence-electron chi connectivity index (χ2n) is 0.189. The van der Waals surface area contributed by atoms with Gasteiger partial charge in [0.1, 0.15) is 0 Å². The van der Waals surface area contributed by atoms with Crippen LogP contribution < -0.4 is 43.5 Å². The fraction of sp³-hybridized carbons (Fsp3) is 0. The Hall–Kier alpha value is 1.10.